The first kappa shape index (κ1) is 33.2. The Bertz CT molecular complexity index is 2440. The van der Waals surface area contributed by atoms with Gasteiger partial charge in [0, 0.05) is 16.8 Å². The van der Waals surface area contributed by atoms with Crippen LogP contribution in [-0.2, 0) is 0 Å². The largest absolute Gasteiger partial charge is 0.314 e. The van der Waals surface area contributed by atoms with Crippen molar-refractivity contribution in [3.05, 3.63) is 215 Å². The highest BCUT2D eigenvalue weighted by Gasteiger charge is 2.23. The number of nitrogens with zero attached hydrogens (tertiary/aromatic N) is 1. The zero-order valence-electron chi connectivity index (χ0n) is 30.0. The summed E-state index contributed by atoms with van der Waals surface area (Å²) in [5.41, 5.74) is 11.7. The molecule has 1 nitrogen and oxygen atoms in total. The molecule has 1 heteroatoms. The molecule has 0 amide bonds. The summed E-state index contributed by atoms with van der Waals surface area (Å²) in [5.74, 6) is 0.465. The van der Waals surface area contributed by atoms with Gasteiger partial charge in [0.25, 0.3) is 0 Å². The van der Waals surface area contributed by atoms with Crippen molar-refractivity contribution in [2.24, 2.45) is 5.92 Å². The van der Waals surface area contributed by atoms with Crippen molar-refractivity contribution in [2.45, 2.75) is 39.0 Å². The summed E-state index contributed by atoms with van der Waals surface area (Å²) >= 11 is 0. The third-order valence-electron chi connectivity index (χ3n) is 10.6. The molecule has 1 unspecified atom stereocenters. The number of allylic oxidation sites excluding steroid dienone is 13. The Morgan fingerprint density at radius 3 is 2.37 bits per heavy atom. The molecular weight excluding hydrogens is 627 g/mol. The topological polar surface area (TPSA) is 3.24 Å². The molecule has 0 bridgehead atoms. The Morgan fingerprint density at radius 2 is 1.56 bits per heavy atom. The number of hydrogen-bond acceptors (Lipinski definition) is 1. The molecule has 3 aliphatic carbocycles. The number of anilines is 1. The highest BCUT2D eigenvalue weighted by Crippen LogP contribution is 2.40. The van der Waals surface area contributed by atoms with Crippen LogP contribution in [0.4, 0.5) is 5.69 Å². The van der Waals surface area contributed by atoms with Crippen LogP contribution in [0.1, 0.15) is 44.6 Å². The lowest BCUT2D eigenvalue weighted by Crippen LogP contribution is -2.26. The molecule has 0 radical (unpaired) electrons. The lowest BCUT2D eigenvalue weighted by atomic mass is 9.86. The monoisotopic (exact) mass is 671 g/mol. The van der Waals surface area contributed by atoms with Crippen molar-refractivity contribution in [2.75, 3.05) is 4.90 Å². The minimum Gasteiger partial charge on any atom is -0.314 e. The van der Waals surface area contributed by atoms with E-state index in [9.17, 15) is 0 Å². The van der Waals surface area contributed by atoms with Gasteiger partial charge in [-0.05, 0) is 112 Å². The molecular formula is C51H45N. The molecule has 254 valence electrons. The number of hydrogen-bond donors (Lipinski definition) is 0. The number of benzene rings is 5. The van der Waals surface area contributed by atoms with Crippen LogP contribution < -0.4 is 15.3 Å². The van der Waals surface area contributed by atoms with E-state index in [-0.39, 0.29) is 0 Å². The summed E-state index contributed by atoms with van der Waals surface area (Å²) in [6, 6.07) is 43.9. The molecule has 0 heterocycles. The normalized spacial score (nSPS) is 18.6. The van der Waals surface area contributed by atoms with Crippen molar-refractivity contribution in [1.82, 2.24) is 0 Å². The second-order valence-electron chi connectivity index (χ2n) is 13.8. The van der Waals surface area contributed by atoms with Crippen LogP contribution in [-0.4, -0.2) is 0 Å². The molecule has 0 saturated carbocycles. The molecule has 0 aliphatic heterocycles. The highest BCUT2D eigenvalue weighted by atomic mass is 15.2. The van der Waals surface area contributed by atoms with E-state index in [4.69, 9.17) is 0 Å². The van der Waals surface area contributed by atoms with Crippen LogP contribution in [0.2, 0.25) is 0 Å². The quantitative estimate of drug-likeness (QED) is 0.159. The fourth-order valence-electron chi connectivity index (χ4n) is 7.95. The molecule has 8 rings (SSSR count). The smallest absolute Gasteiger partial charge is 0.0536 e. The summed E-state index contributed by atoms with van der Waals surface area (Å²) in [5, 5.41) is 5.22. The van der Waals surface area contributed by atoms with Gasteiger partial charge < -0.3 is 4.90 Å². The first-order valence-electron chi connectivity index (χ1n) is 18.8. The fraction of sp³-hybridized carbons (Fsp3) is 0.137. The Hall–Kier alpha value is -5.92. The van der Waals surface area contributed by atoms with E-state index in [1.54, 1.807) is 0 Å². The highest BCUT2D eigenvalue weighted by molar-refractivity contribution is 5.96. The summed E-state index contributed by atoms with van der Waals surface area (Å²) in [6.07, 6.45) is 30.5. The van der Waals surface area contributed by atoms with E-state index in [2.05, 4.69) is 200 Å². The lowest BCUT2D eigenvalue weighted by Gasteiger charge is -2.33. The molecule has 0 spiro atoms. The number of fused-ring (bicyclic) bond motifs is 1. The van der Waals surface area contributed by atoms with Crippen molar-refractivity contribution in [3.63, 3.8) is 0 Å². The first-order chi connectivity index (χ1) is 25.8. The van der Waals surface area contributed by atoms with Crippen molar-refractivity contribution < 1.29 is 0 Å². The van der Waals surface area contributed by atoms with Gasteiger partial charge in [0.1, 0.15) is 0 Å². The van der Waals surface area contributed by atoms with Gasteiger partial charge in [-0.25, -0.2) is 0 Å². The van der Waals surface area contributed by atoms with E-state index in [1.165, 1.54) is 71.7 Å². The SMILES string of the molecule is C/C=C(/C1=CC=C(N(C2=CCC(C/C=c3/cccc/c3=C3\C=CC=CC3)C=C2)c2cccc3ccccc23)CC1)c1ccccc1-c1ccccc1. The van der Waals surface area contributed by atoms with Crippen LogP contribution in [0.3, 0.4) is 0 Å². The molecule has 1 atom stereocenters. The Balaban J connectivity index is 1.11. The van der Waals surface area contributed by atoms with Gasteiger partial charge in [-0.3, -0.25) is 0 Å². The summed E-state index contributed by atoms with van der Waals surface area (Å²) < 4.78 is 0. The van der Waals surface area contributed by atoms with E-state index < -0.39 is 0 Å². The van der Waals surface area contributed by atoms with Gasteiger partial charge in [-0.15, -0.1) is 0 Å². The summed E-state index contributed by atoms with van der Waals surface area (Å²) in [7, 11) is 0. The zero-order chi connectivity index (χ0) is 35.1. The van der Waals surface area contributed by atoms with Gasteiger partial charge in [-0.1, -0.05) is 170 Å². The third-order valence-corrected chi connectivity index (χ3v) is 10.6. The molecule has 0 aromatic heterocycles. The maximum atomic E-state index is 2.52. The molecule has 5 aromatic carbocycles. The van der Waals surface area contributed by atoms with E-state index in [0.29, 0.717) is 5.92 Å². The predicted octanol–water partition coefficient (Wildman–Crippen LogP) is 12.0. The van der Waals surface area contributed by atoms with Crippen LogP contribution in [0.25, 0.3) is 39.1 Å². The molecule has 0 saturated heterocycles. The third kappa shape index (κ3) is 7.00. The Labute approximate surface area is 308 Å². The van der Waals surface area contributed by atoms with E-state index in [0.717, 1.165) is 32.1 Å². The van der Waals surface area contributed by atoms with Gasteiger partial charge in [0.2, 0.25) is 0 Å². The van der Waals surface area contributed by atoms with Crippen LogP contribution in [0.5, 0.6) is 0 Å². The van der Waals surface area contributed by atoms with Crippen LogP contribution in [0, 0.1) is 5.92 Å². The molecule has 0 fully saturated rings. The Kier molecular flexibility index (Phi) is 9.93. The van der Waals surface area contributed by atoms with Crippen molar-refractivity contribution in [3.8, 4) is 11.1 Å². The lowest BCUT2D eigenvalue weighted by molar-refractivity contribution is 0.677. The van der Waals surface area contributed by atoms with Crippen molar-refractivity contribution >= 4 is 33.7 Å². The minimum atomic E-state index is 0.465. The number of rotatable bonds is 8. The minimum absolute atomic E-state index is 0.465. The van der Waals surface area contributed by atoms with Crippen LogP contribution in [0.15, 0.2) is 199 Å². The Morgan fingerprint density at radius 1 is 0.750 bits per heavy atom. The van der Waals surface area contributed by atoms with Gasteiger partial charge in [0.15, 0.2) is 0 Å². The molecule has 5 aromatic rings. The average molecular weight is 672 g/mol. The van der Waals surface area contributed by atoms with Crippen molar-refractivity contribution in [1.29, 1.82) is 0 Å². The zero-order valence-corrected chi connectivity index (χ0v) is 30.0. The predicted molar refractivity (Wildman–Crippen MR) is 224 cm³/mol. The standard InChI is InChI=1S/C51H45N/c1-2-46(50-26-14-13-24-48(50)40-18-7-4-8-19-40)43-32-36-45(37-33-43)52(51-27-15-22-41-20-10-12-25-49(41)51)44-34-29-38(30-35-44)28-31-42-21-9-11-23-47(42)39-16-5-3-6-17-39/h2-16,18-27,29,31-32,34-36,38H,17,28,30,33,37H2,1H3/b42-31-,46-2-,47-39-. The average Bonchev–Trinajstić information content (AvgIpc) is 3.22. The molecule has 0 N–H and O–H groups in total. The molecule has 52 heavy (non-hydrogen) atoms. The second-order valence-corrected chi connectivity index (χ2v) is 13.8. The van der Waals surface area contributed by atoms with E-state index in [1.807, 2.05) is 0 Å². The second kappa shape index (κ2) is 15.5. The fourth-order valence-corrected chi connectivity index (χ4v) is 7.95. The summed E-state index contributed by atoms with van der Waals surface area (Å²) in [4.78, 5) is 2.52. The molecule has 3 aliphatic rings. The first-order valence-corrected chi connectivity index (χ1v) is 18.8. The maximum Gasteiger partial charge on any atom is 0.0536 e. The van der Waals surface area contributed by atoms with Gasteiger partial charge in [-0.2, -0.15) is 0 Å². The van der Waals surface area contributed by atoms with E-state index >= 15 is 0 Å². The summed E-state index contributed by atoms with van der Waals surface area (Å²) in [6.45, 7) is 2.17. The van der Waals surface area contributed by atoms with Gasteiger partial charge >= 0.3 is 0 Å². The maximum absolute atomic E-state index is 2.52. The van der Waals surface area contributed by atoms with Gasteiger partial charge in [0.05, 0.1) is 5.69 Å². The van der Waals surface area contributed by atoms with Crippen LogP contribution >= 0.6 is 0 Å².